The smallest absolute Gasteiger partial charge is 0.262 e. The Bertz CT molecular complexity index is 967. The number of amides is 2. The van der Waals surface area contributed by atoms with Gasteiger partial charge in [0.05, 0.1) is 23.4 Å². The lowest BCUT2D eigenvalue weighted by atomic mass is 10.2. The van der Waals surface area contributed by atoms with E-state index in [4.69, 9.17) is 6.42 Å². The number of thiophene rings is 1. The molecule has 2 aromatic rings. The number of terminal acetylenes is 1. The second-order valence-electron chi connectivity index (χ2n) is 6.20. The largest absolute Gasteiger partial charge is 0.344 e. The van der Waals surface area contributed by atoms with Crippen molar-refractivity contribution < 1.29 is 9.59 Å². The molecule has 8 heteroatoms. The molecule has 0 aliphatic carbocycles. The van der Waals surface area contributed by atoms with E-state index in [2.05, 4.69) is 21.5 Å². The predicted molar refractivity (Wildman–Crippen MR) is 100 cm³/mol. The summed E-state index contributed by atoms with van der Waals surface area (Å²) in [6, 6.07) is 0. The van der Waals surface area contributed by atoms with Crippen molar-refractivity contribution in [1.82, 2.24) is 20.2 Å². The Balaban J connectivity index is 1.89. The van der Waals surface area contributed by atoms with E-state index < -0.39 is 0 Å². The summed E-state index contributed by atoms with van der Waals surface area (Å²) < 4.78 is 1.74. The Morgan fingerprint density at radius 2 is 2.12 bits per heavy atom. The number of aromatic nitrogens is 2. The fourth-order valence-electron chi connectivity index (χ4n) is 3.08. The highest BCUT2D eigenvalue weighted by Gasteiger charge is 2.22. The highest BCUT2D eigenvalue weighted by Crippen LogP contribution is 2.28. The first-order valence-corrected chi connectivity index (χ1v) is 9.35. The number of hydrogen-bond donors (Lipinski definition) is 2. The van der Waals surface area contributed by atoms with E-state index in [-0.39, 0.29) is 30.5 Å². The molecule has 2 aromatic heterocycles. The highest BCUT2D eigenvalue weighted by molar-refractivity contribution is 7.20. The van der Waals surface area contributed by atoms with Crippen LogP contribution in [0.25, 0.3) is 10.2 Å². The Hall–Kier alpha value is -2.66. The van der Waals surface area contributed by atoms with Gasteiger partial charge in [-0.3, -0.25) is 19.0 Å². The van der Waals surface area contributed by atoms with Gasteiger partial charge in [-0.2, -0.15) is 0 Å². The summed E-state index contributed by atoms with van der Waals surface area (Å²) in [6.07, 6.45) is 8.92. The van der Waals surface area contributed by atoms with Gasteiger partial charge >= 0.3 is 0 Å². The minimum atomic E-state index is -0.388. The third-order valence-corrected chi connectivity index (χ3v) is 5.60. The van der Waals surface area contributed by atoms with E-state index in [1.165, 1.54) is 11.3 Å². The normalized spacial score (nSPS) is 13.5. The van der Waals surface area contributed by atoms with Crippen LogP contribution in [0.5, 0.6) is 0 Å². The minimum Gasteiger partial charge on any atom is -0.344 e. The van der Waals surface area contributed by atoms with Crippen molar-refractivity contribution in [2.75, 3.05) is 13.1 Å². The first-order valence-electron chi connectivity index (χ1n) is 8.54. The maximum Gasteiger partial charge on any atom is 0.262 e. The van der Waals surface area contributed by atoms with E-state index in [1.54, 1.807) is 11.5 Å². The average Bonchev–Trinajstić information content (AvgIpc) is 2.80. The molecular formula is C18H20N4O3S. The lowest BCUT2D eigenvalue weighted by Crippen LogP contribution is -2.37. The highest BCUT2D eigenvalue weighted by atomic mass is 32.1. The molecular weight excluding hydrogens is 352 g/mol. The van der Waals surface area contributed by atoms with Gasteiger partial charge in [-0.15, -0.1) is 17.8 Å². The molecule has 136 valence electrons. The first kappa shape index (κ1) is 18.1. The van der Waals surface area contributed by atoms with Crippen LogP contribution in [0, 0.1) is 19.3 Å². The van der Waals surface area contributed by atoms with Crippen molar-refractivity contribution in [3.63, 3.8) is 0 Å². The quantitative estimate of drug-likeness (QED) is 0.782. The van der Waals surface area contributed by atoms with Crippen molar-refractivity contribution in [2.24, 2.45) is 0 Å². The number of nitrogens with zero attached hydrogens (tertiary/aromatic N) is 2. The van der Waals surface area contributed by atoms with Crippen LogP contribution in [0.2, 0.25) is 0 Å². The molecule has 1 aliphatic heterocycles. The second-order valence-corrected chi connectivity index (χ2v) is 7.19. The topological polar surface area (TPSA) is 93.1 Å². The summed E-state index contributed by atoms with van der Waals surface area (Å²) in [4.78, 5) is 42.5. The van der Waals surface area contributed by atoms with Crippen LogP contribution in [-0.4, -0.2) is 34.5 Å². The zero-order valence-corrected chi connectivity index (χ0v) is 15.4. The summed E-state index contributed by atoms with van der Waals surface area (Å²) in [5, 5.41) is 5.55. The predicted octanol–water partition coefficient (Wildman–Crippen LogP) is 0.972. The molecule has 2 N–H and O–H groups in total. The van der Waals surface area contributed by atoms with Crippen molar-refractivity contribution in [3.05, 3.63) is 26.6 Å². The standard InChI is InChI=1S/C18H20N4O3S/c1-3-8-19-13(23)10-20-16(24)15-11(2)14-17(26-15)21-12-7-5-4-6-9-22(12)18(14)25/h1H,4-10H2,2H3,(H,19,23)(H,20,24). The molecule has 3 rings (SSSR count). The molecule has 26 heavy (non-hydrogen) atoms. The molecule has 0 saturated carbocycles. The molecule has 0 fully saturated rings. The lowest BCUT2D eigenvalue weighted by molar-refractivity contribution is -0.119. The monoisotopic (exact) mass is 372 g/mol. The molecule has 3 heterocycles. The van der Waals surface area contributed by atoms with E-state index in [9.17, 15) is 14.4 Å². The van der Waals surface area contributed by atoms with Gasteiger partial charge in [0.15, 0.2) is 0 Å². The number of nitrogens with one attached hydrogen (secondary N) is 2. The van der Waals surface area contributed by atoms with Crippen LogP contribution in [-0.2, 0) is 17.8 Å². The Kier molecular flexibility index (Phi) is 5.38. The number of rotatable bonds is 4. The molecule has 0 atom stereocenters. The number of aryl methyl sites for hydroxylation is 2. The van der Waals surface area contributed by atoms with Gasteiger partial charge in [-0.05, 0) is 25.3 Å². The van der Waals surface area contributed by atoms with Gasteiger partial charge in [-0.25, -0.2) is 4.98 Å². The third kappa shape index (κ3) is 3.48. The molecule has 1 aliphatic rings. The van der Waals surface area contributed by atoms with Gasteiger partial charge in [0.2, 0.25) is 5.91 Å². The van der Waals surface area contributed by atoms with Crippen LogP contribution < -0.4 is 16.2 Å². The van der Waals surface area contributed by atoms with E-state index >= 15 is 0 Å². The van der Waals surface area contributed by atoms with Gasteiger partial charge < -0.3 is 10.6 Å². The van der Waals surface area contributed by atoms with Crippen LogP contribution in [0.3, 0.4) is 0 Å². The number of fused-ring (bicyclic) bond motifs is 2. The van der Waals surface area contributed by atoms with E-state index in [0.717, 1.165) is 31.5 Å². The SMILES string of the molecule is C#CCNC(=O)CNC(=O)c1sc2nc3n(c(=O)c2c1C)CCCCC3. The third-order valence-electron chi connectivity index (χ3n) is 4.41. The minimum absolute atomic E-state index is 0.0773. The van der Waals surface area contributed by atoms with Gasteiger partial charge in [0.25, 0.3) is 11.5 Å². The van der Waals surface area contributed by atoms with E-state index in [0.29, 0.717) is 27.2 Å². The van der Waals surface area contributed by atoms with Crippen molar-refractivity contribution in [2.45, 2.75) is 39.2 Å². The number of hydrogen-bond acceptors (Lipinski definition) is 5. The summed E-state index contributed by atoms with van der Waals surface area (Å²) in [6.45, 7) is 2.36. The number of carbonyl (C=O) groups is 2. The van der Waals surface area contributed by atoms with Crippen LogP contribution in [0.1, 0.15) is 40.3 Å². The van der Waals surface area contributed by atoms with Crippen molar-refractivity contribution in [3.8, 4) is 12.3 Å². The second kappa shape index (κ2) is 7.70. The van der Waals surface area contributed by atoms with Crippen LogP contribution in [0.4, 0.5) is 0 Å². The molecule has 7 nitrogen and oxygen atoms in total. The fourth-order valence-corrected chi connectivity index (χ4v) is 4.19. The average molecular weight is 372 g/mol. The lowest BCUT2D eigenvalue weighted by Gasteiger charge is -2.08. The Morgan fingerprint density at radius 1 is 1.31 bits per heavy atom. The van der Waals surface area contributed by atoms with Gasteiger partial charge in [0, 0.05) is 13.0 Å². The molecule has 0 saturated heterocycles. The summed E-state index contributed by atoms with van der Waals surface area (Å²) >= 11 is 1.19. The van der Waals surface area contributed by atoms with E-state index in [1.807, 2.05) is 0 Å². The van der Waals surface area contributed by atoms with Crippen molar-refractivity contribution in [1.29, 1.82) is 0 Å². The zero-order valence-electron chi connectivity index (χ0n) is 14.6. The number of carbonyl (C=O) groups excluding carboxylic acids is 2. The Morgan fingerprint density at radius 3 is 2.88 bits per heavy atom. The molecule has 0 radical (unpaired) electrons. The van der Waals surface area contributed by atoms with Gasteiger partial charge in [-0.1, -0.05) is 12.3 Å². The van der Waals surface area contributed by atoms with Gasteiger partial charge in [0.1, 0.15) is 10.7 Å². The summed E-state index contributed by atoms with van der Waals surface area (Å²) in [5.74, 6) is 2.34. The maximum atomic E-state index is 12.9. The van der Waals surface area contributed by atoms with Crippen LogP contribution in [0.15, 0.2) is 4.79 Å². The maximum absolute atomic E-state index is 12.9. The summed E-state index contributed by atoms with van der Waals surface area (Å²) in [7, 11) is 0. The molecule has 0 aromatic carbocycles. The molecule has 0 unspecified atom stereocenters. The Labute approximate surface area is 154 Å². The molecule has 0 spiro atoms. The zero-order chi connectivity index (χ0) is 18.7. The molecule has 2 amide bonds. The van der Waals surface area contributed by atoms with Crippen molar-refractivity contribution >= 4 is 33.4 Å². The fraction of sp³-hybridized carbons (Fsp3) is 0.444. The van der Waals surface area contributed by atoms with Crippen LogP contribution >= 0.6 is 11.3 Å². The first-order chi connectivity index (χ1) is 12.5. The molecule has 0 bridgehead atoms. The summed E-state index contributed by atoms with van der Waals surface area (Å²) in [5.41, 5.74) is 0.537.